The van der Waals surface area contributed by atoms with E-state index >= 15 is 0 Å². The monoisotopic (exact) mass is 360 g/mol. The van der Waals surface area contributed by atoms with Crippen LogP contribution in [0.5, 0.6) is 0 Å². The lowest BCUT2D eigenvalue weighted by atomic mass is 9.93. The molecule has 4 rings (SSSR count). The molecule has 1 unspecified atom stereocenters. The van der Waals surface area contributed by atoms with Crippen molar-refractivity contribution in [1.29, 1.82) is 0 Å². The molecule has 2 aliphatic heterocycles. The highest BCUT2D eigenvalue weighted by Crippen LogP contribution is 2.38. The average Bonchev–Trinajstić information content (AvgIpc) is 2.65. The standard InChI is InChI=1S/C24H25FN2/c1-17-11-12-26-13-14-27(16-22-18(2)5-4-6-19(22)3)24(23(26)15-17)20-7-9-21(25)10-8-20/h4-12,15,24H,1,13-14,16H2,2-3H3. The highest BCUT2D eigenvalue weighted by Gasteiger charge is 2.33. The van der Waals surface area contributed by atoms with E-state index in [1.807, 2.05) is 18.2 Å². The van der Waals surface area contributed by atoms with Crippen molar-refractivity contribution < 1.29 is 4.39 Å². The molecule has 2 aromatic rings. The van der Waals surface area contributed by atoms with Crippen LogP contribution < -0.4 is 0 Å². The van der Waals surface area contributed by atoms with E-state index in [0.717, 1.165) is 30.8 Å². The van der Waals surface area contributed by atoms with E-state index in [4.69, 9.17) is 0 Å². The van der Waals surface area contributed by atoms with Gasteiger partial charge in [-0.25, -0.2) is 4.39 Å². The largest absolute Gasteiger partial charge is 0.348 e. The predicted octanol–water partition coefficient (Wildman–Crippen LogP) is 5.27. The van der Waals surface area contributed by atoms with Crippen LogP contribution >= 0.6 is 0 Å². The first-order valence-corrected chi connectivity index (χ1v) is 9.43. The predicted molar refractivity (Wildman–Crippen MR) is 109 cm³/mol. The fourth-order valence-corrected chi connectivity index (χ4v) is 4.08. The molecule has 1 saturated heterocycles. The number of nitrogens with zero attached hydrogens (tertiary/aromatic N) is 2. The maximum absolute atomic E-state index is 13.5. The van der Waals surface area contributed by atoms with E-state index < -0.39 is 0 Å². The topological polar surface area (TPSA) is 6.48 Å². The SMILES string of the molecule is C=C1C=CN2CCN(Cc3c(C)cccc3C)C(c3ccc(F)cc3)C2=C1. The fourth-order valence-electron chi connectivity index (χ4n) is 4.08. The molecule has 2 aromatic carbocycles. The van der Waals surface area contributed by atoms with Crippen LogP contribution in [-0.4, -0.2) is 22.9 Å². The van der Waals surface area contributed by atoms with Crippen LogP contribution in [-0.2, 0) is 6.54 Å². The summed E-state index contributed by atoms with van der Waals surface area (Å²) in [7, 11) is 0. The highest BCUT2D eigenvalue weighted by molar-refractivity contribution is 5.42. The minimum absolute atomic E-state index is 0.0834. The molecule has 0 bridgehead atoms. The summed E-state index contributed by atoms with van der Waals surface area (Å²) < 4.78 is 13.5. The van der Waals surface area contributed by atoms with E-state index in [-0.39, 0.29) is 11.9 Å². The minimum atomic E-state index is -0.199. The number of hydrogen-bond donors (Lipinski definition) is 0. The van der Waals surface area contributed by atoms with Gasteiger partial charge in [0.2, 0.25) is 0 Å². The van der Waals surface area contributed by atoms with Crippen LogP contribution in [0.2, 0.25) is 0 Å². The Morgan fingerprint density at radius 1 is 1.04 bits per heavy atom. The third kappa shape index (κ3) is 3.47. The summed E-state index contributed by atoms with van der Waals surface area (Å²) in [6.07, 6.45) is 6.32. The second-order valence-electron chi connectivity index (χ2n) is 7.45. The van der Waals surface area contributed by atoms with Crippen molar-refractivity contribution in [3.8, 4) is 0 Å². The first kappa shape index (κ1) is 17.7. The number of halogens is 1. The summed E-state index contributed by atoms with van der Waals surface area (Å²) in [5, 5.41) is 0. The molecule has 3 heteroatoms. The first-order chi connectivity index (χ1) is 13.0. The Morgan fingerprint density at radius 2 is 1.74 bits per heavy atom. The fraction of sp³-hybridized carbons (Fsp3) is 0.250. The first-order valence-electron chi connectivity index (χ1n) is 9.43. The number of aryl methyl sites for hydroxylation is 2. The van der Waals surface area contributed by atoms with Crippen molar-refractivity contribution in [3.05, 3.63) is 107 Å². The third-order valence-electron chi connectivity index (χ3n) is 5.60. The van der Waals surface area contributed by atoms with Gasteiger partial charge in [0, 0.05) is 31.5 Å². The molecule has 0 N–H and O–H groups in total. The quantitative estimate of drug-likeness (QED) is 0.736. The van der Waals surface area contributed by atoms with Crippen molar-refractivity contribution in [1.82, 2.24) is 9.80 Å². The Morgan fingerprint density at radius 3 is 2.44 bits per heavy atom. The van der Waals surface area contributed by atoms with Crippen LogP contribution in [0.1, 0.15) is 28.3 Å². The molecule has 27 heavy (non-hydrogen) atoms. The molecule has 0 radical (unpaired) electrons. The second kappa shape index (κ2) is 7.16. The Bertz CT molecular complexity index is 904. The zero-order chi connectivity index (χ0) is 19.0. The lowest BCUT2D eigenvalue weighted by Crippen LogP contribution is -2.45. The number of hydrogen-bond acceptors (Lipinski definition) is 2. The van der Waals surface area contributed by atoms with E-state index in [9.17, 15) is 4.39 Å². The minimum Gasteiger partial charge on any atom is -0.348 e. The lowest BCUT2D eigenvalue weighted by molar-refractivity contribution is 0.134. The van der Waals surface area contributed by atoms with Crippen LogP contribution in [0, 0.1) is 19.7 Å². The van der Waals surface area contributed by atoms with Gasteiger partial charge in [-0.05, 0) is 66.0 Å². The van der Waals surface area contributed by atoms with E-state index in [1.54, 1.807) is 12.1 Å². The zero-order valence-corrected chi connectivity index (χ0v) is 16.0. The van der Waals surface area contributed by atoms with Crippen LogP contribution in [0.15, 0.2) is 78.7 Å². The van der Waals surface area contributed by atoms with Gasteiger partial charge in [0.1, 0.15) is 5.82 Å². The molecule has 0 aliphatic carbocycles. The molecule has 138 valence electrons. The summed E-state index contributed by atoms with van der Waals surface area (Å²) in [5.74, 6) is -0.199. The van der Waals surface area contributed by atoms with Crippen LogP contribution in [0.3, 0.4) is 0 Å². The number of benzene rings is 2. The van der Waals surface area contributed by atoms with Gasteiger partial charge in [0.25, 0.3) is 0 Å². The smallest absolute Gasteiger partial charge is 0.123 e. The van der Waals surface area contributed by atoms with Gasteiger partial charge in [0.05, 0.1) is 6.04 Å². The van der Waals surface area contributed by atoms with E-state index in [1.165, 1.54) is 22.4 Å². The van der Waals surface area contributed by atoms with Gasteiger partial charge < -0.3 is 4.90 Å². The Labute approximate surface area is 160 Å². The maximum atomic E-state index is 13.5. The molecule has 2 heterocycles. The highest BCUT2D eigenvalue weighted by atomic mass is 19.1. The van der Waals surface area contributed by atoms with E-state index in [0.29, 0.717) is 0 Å². The van der Waals surface area contributed by atoms with Crippen molar-refractivity contribution in [3.63, 3.8) is 0 Å². The maximum Gasteiger partial charge on any atom is 0.123 e. The molecule has 0 aromatic heterocycles. The van der Waals surface area contributed by atoms with Crippen molar-refractivity contribution >= 4 is 0 Å². The van der Waals surface area contributed by atoms with Gasteiger partial charge >= 0.3 is 0 Å². The normalized spacial score (nSPS) is 19.8. The Balaban J connectivity index is 1.75. The Kier molecular flexibility index (Phi) is 4.71. The summed E-state index contributed by atoms with van der Waals surface area (Å²) in [4.78, 5) is 4.79. The van der Waals surface area contributed by atoms with Crippen LogP contribution in [0.4, 0.5) is 4.39 Å². The van der Waals surface area contributed by atoms with Crippen molar-refractivity contribution in [2.24, 2.45) is 0 Å². The zero-order valence-electron chi connectivity index (χ0n) is 16.0. The van der Waals surface area contributed by atoms with Gasteiger partial charge in [0.15, 0.2) is 0 Å². The second-order valence-corrected chi connectivity index (χ2v) is 7.45. The number of allylic oxidation sites excluding steroid dienone is 3. The molecular weight excluding hydrogens is 335 g/mol. The Hall–Kier alpha value is -2.65. The molecular formula is C24H25FN2. The van der Waals surface area contributed by atoms with Crippen molar-refractivity contribution in [2.75, 3.05) is 13.1 Å². The van der Waals surface area contributed by atoms with Gasteiger partial charge in [-0.2, -0.15) is 0 Å². The van der Waals surface area contributed by atoms with Gasteiger partial charge in [-0.3, -0.25) is 4.90 Å². The number of piperazine rings is 1. The summed E-state index contributed by atoms with van der Waals surface area (Å²) in [6.45, 7) is 11.2. The molecule has 0 amide bonds. The average molecular weight is 360 g/mol. The molecule has 2 aliphatic rings. The molecule has 0 saturated carbocycles. The number of rotatable bonds is 3. The van der Waals surface area contributed by atoms with Crippen LogP contribution in [0.25, 0.3) is 0 Å². The third-order valence-corrected chi connectivity index (χ3v) is 5.60. The molecule has 2 nitrogen and oxygen atoms in total. The van der Waals surface area contributed by atoms with Gasteiger partial charge in [-0.1, -0.05) is 36.9 Å². The summed E-state index contributed by atoms with van der Waals surface area (Å²) in [6, 6.07) is 13.5. The lowest BCUT2D eigenvalue weighted by Gasteiger charge is -2.45. The molecule has 1 fully saturated rings. The van der Waals surface area contributed by atoms with Gasteiger partial charge in [-0.15, -0.1) is 0 Å². The summed E-state index contributed by atoms with van der Waals surface area (Å²) in [5.41, 5.74) is 7.34. The van der Waals surface area contributed by atoms with Crippen molar-refractivity contribution in [2.45, 2.75) is 26.4 Å². The number of fused-ring (bicyclic) bond motifs is 1. The molecule has 1 atom stereocenters. The molecule has 0 spiro atoms. The van der Waals surface area contributed by atoms with E-state index in [2.05, 4.69) is 60.7 Å². The summed E-state index contributed by atoms with van der Waals surface area (Å²) >= 11 is 0.